The molecule has 1 aromatic carbocycles. The summed E-state index contributed by atoms with van der Waals surface area (Å²) in [6.45, 7) is 3.70. The van der Waals surface area contributed by atoms with Crippen molar-refractivity contribution >= 4 is 18.4 Å². The SMILES string of the molecule is CCCC([S])c1ccccc1C(C)=O. The van der Waals surface area contributed by atoms with Crippen molar-refractivity contribution in [1.82, 2.24) is 0 Å². The predicted molar refractivity (Wildman–Crippen MR) is 61.7 cm³/mol. The minimum atomic E-state index is 0.0695. The number of carbonyl (C=O) groups excluding carboxylic acids is 1. The van der Waals surface area contributed by atoms with Gasteiger partial charge in [-0.2, -0.15) is 0 Å². The molecule has 1 radical (unpaired) electrons. The Balaban J connectivity index is 3.00. The van der Waals surface area contributed by atoms with E-state index in [0.717, 1.165) is 24.0 Å². The van der Waals surface area contributed by atoms with Crippen LogP contribution in [0, 0.1) is 0 Å². The van der Waals surface area contributed by atoms with Crippen molar-refractivity contribution in [3.05, 3.63) is 35.4 Å². The van der Waals surface area contributed by atoms with E-state index in [0.29, 0.717) is 0 Å². The zero-order valence-electron chi connectivity index (χ0n) is 8.62. The maximum absolute atomic E-state index is 11.3. The van der Waals surface area contributed by atoms with Gasteiger partial charge in [-0.15, -0.1) is 0 Å². The van der Waals surface area contributed by atoms with Crippen molar-refractivity contribution in [3.63, 3.8) is 0 Å². The first-order valence-corrected chi connectivity index (χ1v) is 5.39. The van der Waals surface area contributed by atoms with Gasteiger partial charge in [0.2, 0.25) is 0 Å². The standard InChI is InChI=1S/C12H15OS/c1-3-6-12(14)11-8-5-4-7-10(11)9(2)13/h4-5,7-8,12H,3,6H2,1-2H3. The lowest BCUT2D eigenvalue weighted by Crippen LogP contribution is -2.01. The van der Waals surface area contributed by atoms with Gasteiger partial charge < -0.3 is 0 Å². The molecule has 0 bridgehead atoms. The molecular weight excluding hydrogens is 192 g/mol. The Morgan fingerprint density at radius 2 is 2.07 bits per heavy atom. The number of benzene rings is 1. The Hall–Kier alpha value is -0.760. The second-order valence-electron chi connectivity index (χ2n) is 3.42. The van der Waals surface area contributed by atoms with Gasteiger partial charge in [0.1, 0.15) is 0 Å². The van der Waals surface area contributed by atoms with Gasteiger partial charge in [0.15, 0.2) is 5.78 Å². The predicted octanol–water partition coefficient (Wildman–Crippen LogP) is 3.93. The molecule has 0 N–H and O–H groups in total. The van der Waals surface area contributed by atoms with Crippen molar-refractivity contribution in [3.8, 4) is 0 Å². The van der Waals surface area contributed by atoms with Crippen molar-refractivity contribution in [1.29, 1.82) is 0 Å². The normalized spacial score (nSPS) is 12.5. The topological polar surface area (TPSA) is 17.1 Å². The second kappa shape index (κ2) is 5.20. The number of Topliss-reactive ketones (excluding diaryl/α,β-unsaturated/α-hetero) is 1. The summed E-state index contributed by atoms with van der Waals surface area (Å²) in [4.78, 5) is 11.3. The van der Waals surface area contributed by atoms with Gasteiger partial charge in [0.25, 0.3) is 0 Å². The van der Waals surface area contributed by atoms with Crippen LogP contribution in [0.3, 0.4) is 0 Å². The molecule has 1 atom stereocenters. The molecule has 1 nitrogen and oxygen atoms in total. The van der Waals surface area contributed by atoms with Gasteiger partial charge in [0.05, 0.1) is 0 Å². The number of ketones is 1. The molecule has 0 heterocycles. The molecule has 1 unspecified atom stereocenters. The molecule has 1 rings (SSSR count). The van der Waals surface area contributed by atoms with Crippen LogP contribution in [0.25, 0.3) is 0 Å². The van der Waals surface area contributed by atoms with E-state index in [9.17, 15) is 4.79 Å². The molecule has 0 aromatic heterocycles. The molecule has 2 heteroatoms. The Morgan fingerprint density at radius 1 is 1.43 bits per heavy atom. The first kappa shape index (κ1) is 11.3. The molecule has 75 valence electrons. The number of hydrogen-bond donors (Lipinski definition) is 0. The van der Waals surface area contributed by atoms with Crippen molar-refractivity contribution < 1.29 is 4.79 Å². The molecule has 0 saturated heterocycles. The van der Waals surface area contributed by atoms with E-state index in [4.69, 9.17) is 12.6 Å². The van der Waals surface area contributed by atoms with Crippen LogP contribution in [0.2, 0.25) is 0 Å². The third kappa shape index (κ3) is 2.61. The zero-order chi connectivity index (χ0) is 10.6. The number of hydrogen-bond acceptors (Lipinski definition) is 1. The summed E-state index contributed by atoms with van der Waals surface area (Å²) in [5.41, 5.74) is 1.79. The molecular formula is C12H15OS. The fourth-order valence-electron chi connectivity index (χ4n) is 1.52. The van der Waals surface area contributed by atoms with Crippen LogP contribution in [0.15, 0.2) is 24.3 Å². The van der Waals surface area contributed by atoms with E-state index < -0.39 is 0 Å². The van der Waals surface area contributed by atoms with Gasteiger partial charge in [-0.1, -0.05) is 50.2 Å². The van der Waals surface area contributed by atoms with Crippen molar-refractivity contribution in [2.45, 2.75) is 31.9 Å². The third-order valence-electron chi connectivity index (χ3n) is 2.24. The molecule has 0 spiro atoms. The lowest BCUT2D eigenvalue weighted by Gasteiger charge is -2.12. The van der Waals surface area contributed by atoms with Crippen LogP contribution in [0.1, 0.15) is 47.9 Å². The first-order chi connectivity index (χ1) is 6.66. The zero-order valence-corrected chi connectivity index (χ0v) is 9.43. The molecule has 0 amide bonds. The molecule has 14 heavy (non-hydrogen) atoms. The lowest BCUT2D eigenvalue weighted by atomic mass is 9.99. The largest absolute Gasteiger partial charge is 0.295 e. The highest BCUT2D eigenvalue weighted by molar-refractivity contribution is 7.80. The van der Waals surface area contributed by atoms with Gasteiger partial charge in [-0.25, -0.2) is 0 Å². The van der Waals surface area contributed by atoms with E-state index in [1.54, 1.807) is 6.92 Å². The van der Waals surface area contributed by atoms with Crippen LogP contribution < -0.4 is 0 Å². The summed E-state index contributed by atoms with van der Waals surface area (Å²) in [5, 5.41) is 0.0695. The van der Waals surface area contributed by atoms with Crippen molar-refractivity contribution in [2.24, 2.45) is 0 Å². The van der Waals surface area contributed by atoms with Crippen LogP contribution in [-0.2, 0) is 0 Å². The molecule has 0 aliphatic heterocycles. The average Bonchev–Trinajstić information content (AvgIpc) is 2.18. The van der Waals surface area contributed by atoms with Crippen LogP contribution in [0.5, 0.6) is 0 Å². The molecule has 0 aliphatic carbocycles. The Labute approximate surface area is 90.9 Å². The average molecular weight is 207 g/mol. The molecule has 0 saturated carbocycles. The summed E-state index contributed by atoms with van der Waals surface area (Å²) >= 11 is 5.36. The van der Waals surface area contributed by atoms with Crippen LogP contribution in [0.4, 0.5) is 0 Å². The molecule has 0 aliphatic rings. The number of rotatable bonds is 4. The van der Waals surface area contributed by atoms with Crippen molar-refractivity contribution in [2.75, 3.05) is 0 Å². The van der Waals surface area contributed by atoms with Gasteiger partial charge >= 0.3 is 0 Å². The van der Waals surface area contributed by atoms with Gasteiger partial charge in [-0.05, 0) is 18.9 Å². The maximum atomic E-state index is 11.3. The summed E-state index contributed by atoms with van der Waals surface area (Å²) in [6, 6.07) is 7.64. The monoisotopic (exact) mass is 207 g/mol. The van der Waals surface area contributed by atoms with Gasteiger partial charge in [0, 0.05) is 10.8 Å². The molecule has 0 fully saturated rings. The number of carbonyl (C=O) groups is 1. The summed E-state index contributed by atoms with van der Waals surface area (Å²) < 4.78 is 0. The van der Waals surface area contributed by atoms with Crippen LogP contribution in [-0.4, -0.2) is 5.78 Å². The highest BCUT2D eigenvalue weighted by Crippen LogP contribution is 2.27. The minimum Gasteiger partial charge on any atom is -0.295 e. The van der Waals surface area contributed by atoms with E-state index in [1.807, 2.05) is 24.3 Å². The fourth-order valence-corrected chi connectivity index (χ4v) is 1.96. The minimum absolute atomic E-state index is 0.0695. The highest BCUT2D eigenvalue weighted by atomic mass is 32.1. The highest BCUT2D eigenvalue weighted by Gasteiger charge is 2.12. The Bertz CT molecular complexity index is 320. The second-order valence-corrected chi connectivity index (χ2v) is 3.99. The summed E-state index contributed by atoms with van der Waals surface area (Å²) in [5.74, 6) is 0.103. The summed E-state index contributed by atoms with van der Waals surface area (Å²) in [6.07, 6.45) is 2.01. The van der Waals surface area contributed by atoms with Crippen LogP contribution >= 0.6 is 12.6 Å². The maximum Gasteiger partial charge on any atom is 0.160 e. The molecule has 1 aromatic rings. The van der Waals surface area contributed by atoms with E-state index in [-0.39, 0.29) is 11.0 Å². The lowest BCUT2D eigenvalue weighted by molar-refractivity contribution is 0.101. The van der Waals surface area contributed by atoms with E-state index in [2.05, 4.69) is 6.92 Å². The smallest absolute Gasteiger partial charge is 0.160 e. The summed E-state index contributed by atoms with van der Waals surface area (Å²) in [7, 11) is 0. The van der Waals surface area contributed by atoms with E-state index >= 15 is 0 Å². The third-order valence-corrected chi connectivity index (χ3v) is 2.73. The first-order valence-electron chi connectivity index (χ1n) is 4.92. The quantitative estimate of drug-likeness (QED) is 0.684. The van der Waals surface area contributed by atoms with Gasteiger partial charge in [-0.3, -0.25) is 4.79 Å². The Kier molecular flexibility index (Phi) is 4.21. The fraction of sp³-hybridized carbons (Fsp3) is 0.417. The van der Waals surface area contributed by atoms with E-state index in [1.165, 1.54) is 0 Å². The Morgan fingerprint density at radius 3 is 2.64 bits per heavy atom.